The first-order valence-electron chi connectivity index (χ1n) is 9.34. The number of nitrogens with zero attached hydrogens (tertiary/aromatic N) is 3. The van der Waals surface area contributed by atoms with Gasteiger partial charge in [-0.15, -0.1) is 0 Å². The lowest BCUT2D eigenvalue weighted by atomic mass is 9.82. The molecule has 7 heteroatoms. The third-order valence-corrected chi connectivity index (χ3v) is 7.48. The molecule has 0 aromatic carbocycles. The largest absolute Gasteiger partial charge is 0.347 e. The van der Waals surface area contributed by atoms with Crippen molar-refractivity contribution in [1.82, 2.24) is 19.5 Å². The van der Waals surface area contributed by atoms with Crippen LogP contribution in [0.3, 0.4) is 0 Å². The molecule has 0 radical (unpaired) electrons. The maximum atomic E-state index is 12.6. The number of rotatable bonds is 5. The first-order valence-corrected chi connectivity index (χ1v) is 11.1. The molecule has 2 aromatic rings. The Morgan fingerprint density at radius 2 is 2.35 bits per heavy atom. The first kappa shape index (κ1) is 18.1. The number of likely N-dealkylation sites (N-methyl/N-ethyl adjacent to an activating group) is 1. The molecule has 2 aliphatic heterocycles. The van der Waals surface area contributed by atoms with E-state index >= 15 is 0 Å². The van der Waals surface area contributed by atoms with Gasteiger partial charge >= 0.3 is 0 Å². The fourth-order valence-corrected chi connectivity index (χ4v) is 5.70. The molecule has 2 fully saturated rings. The van der Waals surface area contributed by atoms with Crippen LogP contribution in [0.25, 0.3) is 0 Å². The maximum absolute atomic E-state index is 12.6. The van der Waals surface area contributed by atoms with Gasteiger partial charge in [-0.05, 0) is 68.3 Å². The van der Waals surface area contributed by atoms with Crippen molar-refractivity contribution < 1.29 is 4.79 Å². The van der Waals surface area contributed by atoms with E-state index < -0.39 is 0 Å². The van der Waals surface area contributed by atoms with Gasteiger partial charge in [-0.3, -0.25) is 9.69 Å². The fraction of sp³-hybridized carbons (Fsp3) is 0.579. The molecule has 2 aromatic heterocycles. The lowest BCUT2D eigenvalue weighted by molar-refractivity contribution is 0.0393. The summed E-state index contributed by atoms with van der Waals surface area (Å²) in [4.78, 5) is 19.0. The van der Waals surface area contributed by atoms with Crippen LogP contribution in [0.5, 0.6) is 0 Å². The normalized spacial score (nSPS) is 27.2. The quantitative estimate of drug-likeness (QED) is 0.853. The molecule has 2 atom stereocenters. The summed E-state index contributed by atoms with van der Waals surface area (Å²) >= 11 is 3.18. The van der Waals surface area contributed by atoms with Crippen molar-refractivity contribution in [1.29, 1.82) is 0 Å². The van der Waals surface area contributed by atoms with Crippen molar-refractivity contribution in [3.63, 3.8) is 0 Å². The molecule has 0 bridgehead atoms. The molecule has 4 rings (SSSR count). The third kappa shape index (κ3) is 3.58. The van der Waals surface area contributed by atoms with E-state index in [0.717, 1.165) is 51.0 Å². The Bertz CT molecular complexity index is 718. The molecule has 2 saturated heterocycles. The minimum atomic E-state index is 0.0671. The van der Waals surface area contributed by atoms with Gasteiger partial charge in [-0.2, -0.15) is 11.3 Å². The van der Waals surface area contributed by atoms with Crippen LogP contribution in [-0.4, -0.2) is 64.9 Å². The zero-order chi connectivity index (χ0) is 18.0. The van der Waals surface area contributed by atoms with Gasteiger partial charge in [0.2, 0.25) is 0 Å². The summed E-state index contributed by atoms with van der Waals surface area (Å²) in [5.41, 5.74) is 0.857. The topological polar surface area (TPSA) is 48.5 Å². The predicted molar refractivity (Wildman–Crippen MR) is 107 cm³/mol. The minimum absolute atomic E-state index is 0.0671. The van der Waals surface area contributed by atoms with Crippen molar-refractivity contribution in [2.45, 2.75) is 37.3 Å². The number of piperidine rings is 1. The van der Waals surface area contributed by atoms with Crippen LogP contribution in [0.15, 0.2) is 29.1 Å². The fourth-order valence-electron chi connectivity index (χ4n) is 4.50. The first-order chi connectivity index (χ1) is 12.7. The summed E-state index contributed by atoms with van der Waals surface area (Å²) in [6, 6.07) is 4.26. The average Bonchev–Trinajstić information content (AvgIpc) is 3.40. The highest BCUT2D eigenvalue weighted by Crippen LogP contribution is 2.36. The van der Waals surface area contributed by atoms with Crippen molar-refractivity contribution in [3.8, 4) is 0 Å². The van der Waals surface area contributed by atoms with Crippen LogP contribution in [0.2, 0.25) is 0 Å². The molecule has 2 aliphatic rings. The van der Waals surface area contributed by atoms with E-state index in [1.165, 1.54) is 11.3 Å². The molecular weight excluding hydrogens is 364 g/mol. The predicted octanol–water partition coefficient (Wildman–Crippen LogP) is 2.72. The van der Waals surface area contributed by atoms with Crippen LogP contribution in [0, 0.1) is 0 Å². The Morgan fingerprint density at radius 3 is 3.12 bits per heavy atom. The molecule has 4 heterocycles. The summed E-state index contributed by atoms with van der Waals surface area (Å²) in [7, 11) is 2.23. The number of hydrogen-bond acceptors (Lipinski definition) is 6. The number of nitrogens with one attached hydrogen (secondary N) is 1. The van der Waals surface area contributed by atoms with Crippen molar-refractivity contribution in [2.24, 2.45) is 0 Å². The highest BCUT2D eigenvalue weighted by Gasteiger charge is 2.49. The Kier molecular flexibility index (Phi) is 5.40. The molecule has 0 saturated carbocycles. The molecule has 1 amide bonds. The minimum Gasteiger partial charge on any atom is -0.347 e. The van der Waals surface area contributed by atoms with Gasteiger partial charge < -0.3 is 10.2 Å². The van der Waals surface area contributed by atoms with E-state index in [0.29, 0.717) is 0 Å². The molecule has 1 N–H and O–H groups in total. The van der Waals surface area contributed by atoms with Gasteiger partial charge in [0.1, 0.15) is 0 Å². The summed E-state index contributed by atoms with van der Waals surface area (Å²) in [5.74, 6) is 0.0766. The second kappa shape index (κ2) is 7.76. The number of likely N-dealkylation sites (tertiary alicyclic amines) is 2. The number of amides is 1. The lowest BCUT2D eigenvalue weighted by Gasteiger charge is -2.48. The Morgan fingerprint density at radius 1 is 1.42 bits per heavy atom. The monoisotopic (exact) mass is 390 g/mol. The highest BCUT2D eigenvalue weighted by atomic mass is 32.1. The van der Waals surface area contributed by atoms with Crippen LogP contribution in [0.4, 0.5) is 0 Å². The average molecular weight is 391 g/mol. The zero-order valence-electron chi connectivity index (χ0n) is 15.2. The zero-order valence-corrected chi connectivity index (χ0v) is 16.8. The molecule has 140 valence electrons. The number of carbonyl (C=O) groups is 1. The van der Waals surface area contributed by atoms with Gasteiger partial charge in [0, 0.05) is 47.7 Å². The van der Waals surface area contributed by atoms with E-state index in [4.69, 9.17) is 0 Å². The number of hydrogen-bond donors (Lipinski definition) is 1. The lowest BCUT2D eigenvalue weighted by Crippen LogP contribution is -2.63. The van der Waals surface area contributed by atoms with Gasteiger partial charge in [-0.25, -0.2) is 4.37 Å². The second-order valence-electron chi connectivity index (χ2n) is 7.46. The van der Waals surface area contributed by atoms with E-state index in [1.807, 2.05) is 23.0 Å². The van der Waals surface area contributed by atoms with Gasteiger partial charge in [-0.1, -0.05) is 0 Å². The van der Waals surface area contributed by atoms with Crippen molar-refractivity contribution >= 4 is 28.8 Å². The Labute approximate surface area is 163 Å². The van der Waals surface area contributed by atoms with E-state index in [2.05, 4.69) is 32.6 Å². The summed E-state index contributed by atoms with van der Waals surface area (Å²) in [6.45, 7) is 4.32. The SMILES string of the molecule is CN1CCC(NC(=O)c2ccsc2)C12CCCN(CCc1ccns1)C2. The number of thiophene rings is 1. The summed E-state index contributed by atoms with van der Waals surface area (Å²) < 4.78 is 4.21. The van der Waals surface area contributed by atoms with E-state index in [-0.39, 0.29) is 17.5 Å². The van der Waals surface area contributed by atoms with E-state index in [9.17, 15) is 4.79 Å². The van der Waals surface area contributed by atoms with Crippen molar-refractivity contribution in [2.75, 3.05) is 33.2 Å². The van der Waals surface area contributed by atoms with Crippen LogP contribution in [-0.2, 0) is 6.42 Å². The van der Waals surface area contributed by atoms with Crippen LogP contribution in [0.1, 0.15) is 34.5 Å². The standard InChI is InChI=1S/C19H26N4OS2/c1-22-10-5-17(21-18(24)15-6-12-25-13-15)19(22)7-2-9-23(14-19)11-4-16-3-8-20-26-16/h3,6,8,12-13,17H,2,4-5,7,9-11,14H2,1H3,(H,21,24). The number of carbonyl (C=O) groups excluding carboxylic acids is 1. The Hall–Kier alpha value is -1.28. The van der Waals surface area contributed by atoms with Crippen LogP contribution >= 0.6 is 22.9 Å². The summed E-state index contributed by atoms with van der Waals surface area (Å²) in [5, 5.41) is 7.25. The maximum Gasteiger partial charge on any atom is 0.252 e. The summed E-state index contributed by atoms with van der Waals surface area (Å²) in [6.07, 6.45) is 6.34. The molecule has 1 spiro atoms. The smallest absolute Gasteiger partial charge is 0.252 e. The molecule has 5 nitrogen and oxygen atoms in total. The Balaban J connectivity index is 1.43. The van der Waals surface area contributed by atoms with Crippen molar-refractivity contribution in [3.05, 3.63) is 39.5 Å². The van der Waals surface area contributed by atoms with Gasteiger partial charge in [0.05, 0.1) is 5.54 Å². The number of aromatic nitrogens is 1. The highest BCUT2D eigenvalue weighted by molar-refractivity contribution is 7.08. The third-order valence-electron chi connectivity index (χ3n) is 6.00. The van der Waals surface area contributed by atoms with Gasteiger partial charge in [0.25, 0.3) is 5.91 Å². The molecule has 0 aliphatic carbocycles. The van der Waals surface area contributed by atoms with E-state index in [1.54, 1.807) is 22.9 Å². The molecule has 2 unspecified atom stereocenters. The van der Waals surface area contributed by atoms with Gasteiger partial charge in [0.15, 0.2) is 0 Å². The molecular formula is C19H26N4OS2. The second-order valence-corrected chi connectivity index (χ2v) is 9.16. The molecule has 26 heavy (non-hydrogen) atoms. The van der Waals surface area contributed by atoms with Crippen LogP contribution < -0.4 is 5.32 Å².